The molecule has 0 bridgehead atoms. The van der Waals surface area contributed by atoms with Crippen LogP contribution < -0.4 is 0 Å². The molecule has 1 saturated heterocycles. The monoisotopic (exact) mass is 425 g/mol. The molecule has 1 aliphatic carbocycles. The maximum atomic E-state index is 13.3. The Hall–Kier alpha value is -1.93. The van der Waals surface area contributed by atoms with Gasteiger partial charge in [-0.1, -0.05) is 23.7 Å². The number of nitrogens with zero attached hydrogens (tertiary/aromatic N) is 3. The summed E-state index contributed by atoms with van der Waals surface area (Å²) < 4.78 is 38.4. The van der Waals surface area contributed by atoms with Gasteiger partial charge in [0.2, 0.25) is 0 Å². The van der Waals surface area contributed by atoms with Crippen LogP contribution in [0, 0.1) is 12.7 Å². The second-order valence-corrected chi connectivity index (χ2v) is 10.1. The first kappa shape index (κ1) is 19.4. The molecule has 0 radical (unpaired) electrons. The van der Waals surface area contributed by atoms with Gasteiger partial charge in [-0.05, 0) is 43.9 Å². The fourth-order valence-corrected chi connectivity index (χ4v) is 5.80. The molecule has 0 N–H and O–H groups in total. The number of rotatable bonds is 5. The molecule has 1 amide bonds. The van der Waals surface area contributed by atoms with Gasteiger partial charge >= 0.3 is 0 Å². The molecule has 1 atom stereocenters. The molecule has 28 heavy (non-hydrogen) atoms. The number of halogens is 2. The number of carbonyl (C=O) groups excluding carboxylic acids is 1. The normalized spacial score (nSPS) is 21.0. The van der Waals surface area contributed by atoms with Gasteiger partial charge in [0.05, 0.1) is 29.3 Å². The molecular formula is C19H21ClFN3O3S. The minimum absolute atomic E-state index is 0.00955. The predicted molar refractivity (Wildman–Crippen MR) is 104 cm³/mol. The first-order valence-electron chi connectivity index (χ1n) is 9.25. The van der Waals surface area contributed by atoms with Crippen molar-refractivity contribution in [3.8, 4) is 0 Å². The molecule has 2 fully saturated rings. The largest absolute Gasteiger partial charge is 0.331 e. The molecule has 9 heteroatoms. The molecule has 1 aromatic heterocycles. The number of hydrogen-bond acceptors (Lipinski definition) is 4. The molecule has 2 aromatic rings. The number of sulfone groups is 1. The number of carbonyl (C=O) groups is 1. The van der Waals surface area contributed by atoms with E-state index in [0.29, 0.717) is 24.2 Å². The second-order valence-electron chi connectivity index (χ2n) is 7.54. The highest BCUT2D eigenvalue weighted by molar-refractivity contribution is 7.91. The zero-order valence-corrected chi connectivity index (χ0v) is 17.0. The van der Waals surface area contributed by atoms with E-state index in [-0.39, 0.29) is 40.5 Å². The van der Waals surface area contributed by atoms with Crippen molar-refractivity contribution in [2.75, 3.05) is 11.5 Å². The van der Waals surface area contributed by atoms with Gasteiger partial charge in [-0.15, -0.1) is 0 Å². The number of amides is 1. The molecule has 0 spiro atoms. The van der Waals surface area contributed by atoms with Gasteiger partial charge < -0.3 is 4.90 Å². The van der Waals surface area contributed by atoms with Crippen LogP contribution in [-0.4, -0.2) is 52.6 Å². The van der Waals surface area contributed by atoms with Gasteiger partial charge in [-0.2, -0.15) is 5.10 Å². The summed E-state index contributed by atoms with van der Waals surface area (Å²) in [6.45, 7) is 2.03. The Kier molecular flexibility index (Phi) is 4.95. The lowest BCUT2D eigenvalue weighted by atomic mass is 10.1. The highest BCUT2D eigenvalue weighted by Crippen LogP contribution is 2.35. The van der Waals surface area contributed by atoms with Crippen molar-refractivity contribution < 1.29 is 17.6 Å². The van der Waals surface area contributed by atoms with Gasteiger partial charge in [0.15, 0.2) is 9.84 Å². The van der Waals surface area contributed by atoms with Gasteiger partial charge in [0.1, 0.15) is 11.0 Å². The van der Waals surface area contributed by atoms with Crippen LogP contribution in [0.25, 0.3) is 0 Å². The van der Waals surface area contributed by atoms with E-state index < -0.39 is 9.84 Å². The van der Waals surface area contributed by atoms with E-state index in [9.17, 15) is 17.6 Å². The summed E-state index contributed by atoms with van der Waals surface area (Å²) in [6, 6.07) is 5.78. The smallest absolute Gasteiger partial charge is 0.259 e. The summed E-state index contributed by atoms with van der Waals surface area (Å²) in [5, 5.41) is 4.61. The quantitative estimate of drug-likeness (QED) is 0.738. The van der Waals surface area contributed by atoms with Crippen molar-refractivity contribution in [3.05, 3.63) is 52.1 Å². The lowest BCUT2D eigenvalue weighted by Crippen LogP contribution is -2.43. The highest BCUT2D eigenvalue weighted by Gasteiger charge is 2.43. The lowest BCUT2D eigenvalue weighted by Gasteiger charge is -2.28. The zero-order valence-electron chi connectivity index (χ0n) is 15.4. The predicted octanol–water partition coefficient (Wildman–Crippen LogP) is 2.82. The van der Waals surface area contributed by atoms with E-state index in [4.69, 9.17) is 11.6 Å². The van der Waals surface area contributed by atoms with Crippen molar-refractivity contribution in [1.29, 1.82) is 0 Å². The van der Waals surface area contributed by atoms with Crippen molar-refractivity contribution in [2.24, 2.45) is 0 Å². The summed E-state index contributed by atoms with van der Waals surface area (Å²) in [4.78, 5) is 15.0. The van der Waals surface area contributed by atoms with Crippen molar-refractivity contribution in [3.63, 3.8) is 0 Å². The Labute approximate surface area is 168 Å². The fraction of sp³-hybridized carbons (Fsp3) is 0.474. The van der Waals surface area contributed by atoms with Gasteiger partial charge in [0.25, 0.3) is 5.91 Å². The average Bonchev–Trinajstić information content (AvgIpc) is 3.33. The summed E-state index contributed by atoms with van der Waals surface area (Å²) >= 11 is 6.50. The Morgan fingerprint density at radius 3 is 2.50 bits per heavy atom. The lowest BCUT2D eigenvalue weighted by molar-refractivity contribution is 0.0680. The minimum Gasteiger partial charge on any atom is -0.331 e. The average molecular weight is 426 g/mol. The molecule has 1 unspecified atom stereocenters. The first-order chi connectivity index (χ1) is 13.2. The van der Waals surface area contributed by atoms with E-state index in [1.54, 1.807) is 24.0 Å². The third-order valence-corrected chi connectivity index (χ3v) is 7.44. The standard InChI is InChI=1S/C19H21ClFN3O3S/c1-12-17(18(20)23(22-12)10-13-2-4-14(21)5-3-13)19(25)24(15-6-7-15)16-8-9-28(26,27)11-16/h2-5,15-16H,6-11H2,1H3. The van der Waals surface area contributed by atoms with Crippen LogP contribution >= 0.6 is 11.6 Å². The van der Waals surface area contributed by atoms with Crippen molar-refractivity contribution >= 4 is 27.3 Å². The van der Waals surface area contributed by atoms with E-state index in [0.717, 1.165) is 18.4 Å². The van der Waals surface area contributed by atoms with Crippen molar-refractivity contribution in [1.82, 2.24) is 14.7 Å². The summed E-state index contributed by atoms with van der Waals surface area (Å²) in [5.74, 6) is -0.452. The molecule has 2 aliphatic rings. The van der Waals surface area contributed by atoms with E-state index in [1.807, 2.05) is 0 Å². The third-order valence-electron chi connectivity index (χ3n) is 5.30. The molecule has 1 aliphatic heterocycles. The number of benzene rings is 1. The van der Waals surface area contributed by atoms with Gasteiger partial charge in [-0.25, -0.2) is 17.5 Å². The van der Waals surface area contributed by atoms with Crippen LogP contribution in [0.5, 0.6) is 0 Å². The molecule has 2 heterocycles. The highest BCUT2D eigenvalue weighted by atomic mass is 35.5. The Morgan fingerprint density at radius 1 is 1.25 bits per heavy atom. The number of aryl methyl sites for hydroxylation is 1. The second kappa shape index (κ2) is 7.15. The maximum absolute atomic E-state index is 13.3. The van der Waals surface area contributed by atoms with E-state index >= 15 is 0 Å². The van der Waals surface area contributed by atoms with E-state index in [1.165, 1.54) is 16.8 Å². The van der Waals surface area contributed by atoms with Gasteiger partial charge in [-0.3, -0.25) is 4.79 Å². The van der Waals surface area contributed by atoms with Crippen LogP contribution in [0.1, 0.15) is 40.9 Å². The van der Waals surface area contributed by atoms with Crippen LogP contribution in [-0.2, 0) is 16.4 Å². The van der Waals surface area contributed by atoms with Crippen LogP contribution in [0.2, 0.25) is 5.15 Å². The minimum atomic E-state index is -3.10. The molecule has 1 aromatic carbocycles. The summed E-state index contributed by atoms with van der Waals surface area (Å²) in [6.07, 6.45) is 2.22. The molecule has 6 nitrogen and oxygen atoms in total. The Balaban J connectivity index is 1.61. The van der Waals surface area contributed by atoms with E-state index in [2.05, 4.69) is 5.10 Å². The third kappa shape index (κ3) is 3.80. The Bertz CT molecular complexity index is 1020. The summed E-state index contributed by atoms with van der Waals surface area (Å²) in [7, 11) is -3.10. The number of aromatic nitrogens is 2. The first-order valence-corrected chi connectivity index (χ1v) is 11.5. The van der Waals surface area contributed by atoms with Crippen LogP contribution in [0.3, 0.4) is 0 Å². The molecule has 4 rings (SSSR count). The SMILES string of the molecule is Cc1nn(Cc2ccc(F)cc2)c(Cl)c1C(=O)N(C1CC1)C1CCS(=O)(=O)C1. The Morgan fingerprint density at radius 2 is 1.93 bits per heavy atom. The van der Waals surface area contributed by atoms with Crippen molar-refractivity contribution in [2.45, 2.75) is 44.8 Å². The number of hydrogen-bond donors (Lipinski definition) is 0. The van der Waals surface area contributed by atoms with Crippen LogP contribution in [0.15, 0.2) is 24.3 Å². The topological polar surface area (TPSA) is 72.3 Å². The zero-order chi connectivity index (χ0) is 20.1. The van der Waals surface area contributed by atoms with Crippen LogP contribution in [0.4, 0.5) is 4.39 Å². The molecular weight excluding hydrogens is 405 g/mol. The summed E-state index contributed by atoms with van der Waals surface area (Å²) in [5.41, 5.74) is 1.63. The fourth-order valence-electron chi connectivity index (χ4n) is 3.77. The van der Waals surface area contributed by atoms with Gasteiger partial charge in [0, 0.05) is 12.1 Å². The maximum Gasteiger partial charge on any atom is 0.259 e. The molecule has 1 saturated carbocycles. The molecule has 150 valence electrons.